The largest absolute Gasteiger partial charge is 0.352 e. The highest BCUT2D eigenvalue weighted by Gasteiger charge is 2.04. The fourth-order valence-corrected chi connectivity index (χ4v) is 3.07. The Morgan fingerprint density at radius 1 is 1.14 bits per heavy atom. The molecule has 0 aromatic heterocycles. The Bertz CT molecular complexity index is 613. The van der Waals surface area contributed by atoms with E-state index in [4.69, 9.17) is 11.6 Å². The SMILES string of the molecule is Cc1ccc(CSCCC(=O)NCc2ccccc2Cl)cc1. The Morgan fingerprint density at radius 2 is 1.86 bits per heavy atom. The number of amides is 1. The van der Waals surface area contributed by atoms with Gasteiger partial charge in [-0.25, -0.2) is 0 Å². The molecular weight excluding hydrogens is 314 g/mol. The monoisotopic (exact) mass is 333 g/mol. The van der Waals surface area contributed by atoms with Gasteiger partial charge in [0.2, 0.25) is 5.91 Å². The third-order valence-electron chi connectivity index (χ3n) is 3.30. The maximum atomic E-state index is 11.8. The van der Waals surface area contributed by atoms with Crippen LogP contribution in [0.3, 0.4) is 0 Å². The van der Waals surface area contributed by atoms with Crippen molar-refractivity contribution in [2.75, 3.05) is 5.75 Å². The first kappa shape index (κ1) is 16.9. The molecule has 2 nitrogen and oxygen atoms in total. The number of hydrogen-bond donors (Lipinski definition) is 1. The normalized spacial score (nSPS) is 10.5. The molecule has 0 fully saturated rings. The van der Waals surface area contributed by atoms with Crippen LogP contribution in [0.5, 0.6) is 0 Å². The third-order valence-corrected chi connectivity index (χ3v) is 4.70. The molecule has 2 rings (SSSR count). The van der Waals surface area contributed by atoms with E-state index >= 15 is 0 Å². The summed E-state index contributed by atoms with van der Waals surface area (Å²) in [6.07, 6.45) is 0.529. The van der Waals surface area contributed by atoms with Crippen LogP contribution in [0.25, 0.3) is 0 Å². The van der Waals surface area contributed by atoms with Gasteiger partial charge in [0.1, 0.15) is 0 Å². The molecule has 0 heterocycles. The van der Waals surface area contributed by atoms with Crippen LogP contribution in [0.4, 0.5) is 0 Å². The van der Waals surface area contributed by atoms with Crippen LogP contribution < -0.4 is 5.32 Å². The van der Waals surface area contributed by atoms with E-state index in [1.54, 1.807) is 11.8 Å². The van der Waals surface area contributed by atoms with Gasteiger partial charge in [0.25, 0.3) is 0 Å². The van der Waals surface area contributed by atoms with Crippen LogP contribution in [-0.2, 0) is 17.1 Å². The van der Waals surface area contributed by atoms with E-state index in [0.717, 1.165) is 17.1 Å². The average Bonchev–Trinajstić information content (AvgIpc) is 2.52. The number of carbonyl (C=O) groups is 1. The van der Waals surface area contributed by atoms with Crippen molar-refractivity contribution in [2.24, 2.45) is 0 Å². The molecule has 2 aromatic rings. The number of halogens is 1. The van der Waals surface area contributed by atoms with Crippen LogP contribution >= 0.6 is 23.4 Å². The summed E-state index contributed by atoms with van der Waals surface area (Å²) in [5.41, 5.74) is 3.52. The Balaban J connectivity index is 1.64. The maximum Gasteiger partial charge on any atom is 0.221 e. The first-order valence-corrected chi connectivity index (χ1v) is 8.82. The van der Waals surface area contributed by atoms with E-state index in [9.17, 15) is 4.79 Å². The minimum Gasteiger partial charge on any atom is -0.352 e. The Morgan fingerprint density at radius 3 is 2.59 bits per heavy atom. The molecule has 0 bridgehead atoms. The lowest BCUT2D eigenvalue weighted by Crippen LogP contribution is -2.23. The number of aryl methyl sites for hydroxylation is 1. The highest BCUT2D eigenvalue weighted by Crippen LogP contribution is 2.15. The summed E-state index contributed by atoms with van der Waals surface area (Å²) in [4.78, 5) is 11.8. The second-order valence-corrected chi connectivity index (χ2v) is 6.67. The van der Waals surface area contributed by atoms with Crippen molar-refractivity contribution in [3.8, 4) is 0 Å². The van der Waals surface area contributed by atoms with Gasteiger partial charge in [0.15, 0.2) is 0 Å². The molecule has 0 radical (unpaired) electrons. The maximum absolute atomic E-state index is 11.8. The molecule has 0 aliphatic rings. The molecular formula is C18H20ClNOS. The zero-order chi connectivity index (χ0) is 15.8. The summed E-state index contributed by atoms with van der Waals surface area (Å²) < 4.78 is 0. The molecule has 0 aliphatic heterocycles. The smallest absolute Gasteiger partial charge is 0.221 e. The Kier molecular flexibility index (Phi) is 6.81. The first-order valence-electron chi connectivity index (χ1n) is 7.28. The van der Waals surface area contributed by atoms with Gasteiger partial charge in [0, 0.05) is 29.5 Å². The summed E-state index contributed by atoms with van der Waals surface area (Å²) >= 11 is 7.84. The lowest BCUT2D eigenvalue weighted by atomic mass is 10.2. The lowest BCUT2D eigenvalue weighted by Gasteiger charge is -2.07. The molecule has 0 atom stereocenters. The van der Waals surface area contributed by atoms with E-state index in [2.05, 4.69) is 36.5 Å². The second kappa shape index (κ2) is 8.86. The highest BCUT2D eigenvalue weighted by molar-refractivity contribution is 7.98. The van der Waals surface area contributed by atoms with E-state index in [1.807, 2.05) is 24.3 Å². The summed E-state index contributed by atoms with van der Waals surface area (Å²) in [6, 6.07) is 16.1. The van der Waals surface area contributed by atoms with E-state index in [1.165, 1.54) is 11.1 Å². The molecule has 0 spiro atoms. The molecule has 1 N–H and O–H groups in total. The van der Waals surface area contributed by atoms with Gasteiger partial charge in [-0.3, -0.25) is 4.79 Å². The summed E-state index contributed by atoms with van der Waals surface area (Å²) in [5.74, 6) is 1.83. The molecule has 0 unspecified atom stereocenters. The quantitative estimate of drug-likeness (QED) is 0.751. The van der Waals surface area contributed by atoms with E-state index in [0.29, 0.717) is 18.0 Å². The zero-order valence-electron chi connectivity index (χ0n) is 12.6. The van der Waals surface area contributed by atoms with Crippen LogP contribution in [0.2, 0.25) is 5.02 Å². The van der Waals surface area contributed by atoms with E-state index in [-0.39, 0.29) is 5.91 Å². The van der Waals surface area contributed by atoms with Crippen LogP contribution in [0.1, 0.15) is 23.1 Å². The van der Waals surface area contributed by atoms with Crippen molar-refractivity contribution < 1.29 is 4.79 Å². The van der Waals surface area contributed by atoms with Crippen molar-refractivity contribution in [1.82, 2.24) is 5.32 Å². The number of nitrogens with one attached hydrogen (secondary N) is 1. The Labute approximate surface area is 141 Å². The summed E-state index contributed by atoms with van der Waals surface area (Å²) in [7, 11) is 0. The lowest BCUT2D eigenvalue weighted by molar-refractivity contribution is -0.120. The standard InChI is InChI=1S/C18H20ClNOS/c1-14-6-8-15(9-7-14)13-22-11-10-18(21)20-12-16-4-2-3-5-17(16)19/h2-9H,10-13H2,1H3,(H,20,21). The molecule has 0 saturated heterocycles. The first-order chi connectivity index (χ1) is 10.6. The zero-order valence-corrected chi connectivity index (χ0v) is 14.2. The minimum absolute atomic E-state index is 0.0660. The number of benzene rings is 2. The molecule has 2 aromatic carbocycles. The van der Waals surface area contributed by atoms with Gasteiger partial charge in [-0.2, -0.15) is 11.8 Å². The Hall–Kier alpha value is -1.45. The van der Waals surface area contributed by atoms with Crippen LogP contribution in [0.15, 0.2) is 48.5 Å². The van der Waals surface area contributed by atoms with Gasteiger partial charge in [-0.05, 0) is 24.1 Å². The topological polar surface area (TPSA) is 29.1 Å². The third kappa shape index (κ3) is 5.74. The van der Waals surface area contributed by atoms with Crippen molar-refractivity contribution in [2.45, 2.75) is 25.6 Å². The van der Waals surface area contributed by atoms with Gasteiger partial charge < -0.3 is 5.32 Å². The second-order valence-electron chi connectivity index (χ2n) is 5.16. The predicted octanol–water partition coefficient (Wildman–Crippen LogP) is 4.59. The number of hydrogen-bond acceptors (Lipinski definition) is 2. The molecule has 4 heteroatoms. The number of carbonyl (C=O) groups excluding carboxylic acids is 1. The van der Waals surface area contributed by atoms with Gasteiger partial charge in [-0.1, -0.05) is 59.6 Å². The van der Waals surface area contributed by atoms with Gasteiger partial charge >= 0.3 is 0 Å². The minimum atomic E-state index is 0.0660. The highest BCUT2D eigenvalue weighted by atomic mass is 35.5. The van der Waals surface area contributed by atoms with Crippen LogP contribution in [0, 0.1) is 6.92 Å². The van der Waals surface area contributed by atoms with Crippen molar-refractivity contribution in [3.05, 3.63) is 70.2 Å². The van der Waals surface area contributed by atoms with E-state index < -0.39 is 0 Å². The molecule has 116 valence electrons. The van der Waals surface area contributed by atoms with Crippen molar-refractivity contribution >= 4 is 29.3 Å². The summed E-state index contributed by atoms with van der Waals surface area (Å²) in [6.45, 7) is 2.57. The molecule has 0 aliphatic carbocycles. The predicted molar refractivity (Wildman–Crippen MR) is 95.3 cm³/mol. The van der Waals surface area contributed by atoms with Gasteiger partial charge in [0.05, 0.1) is 0 Å². The molecule has 22 heavy (non-hydrogen) atoms. The van der Waals surface area contributed by atoms with Gasteiger partial charge in [-0.15, -0.1) is 0 Å². The van der Waals surface area contributed by atoms with Crippen molar-refractivity contribution in [1.29, 1.82) is 0 Å². The van der Waals surface area contributed by atoms with Crippen LogP contribution in [-0.4, -0.2) is 11.7 Å². The average molecular weight is 334 g/mol. The molecule has 0 saturated carbocycles. The number of rotatable bonds is 7. The fraction of sp³-hybridized carbons (Fsp3) is 0.278. The molecule has 1 amide bonds. The number of thioether (sulfide) groups is 1. The van der Waals surface area contributed by atoms with Crippen molar-refractivity contribution in [3.63, 3.8) is 0 Å². The summed E-state index contributed by atoms with van der Waals surface area (Å²) in [5, 5.41) is 3.60. The fourth-order valence-electron chi connectivity index (χ4n) is 1.96.